The van der Waals surface area contributed by atoms with E-state index in [4.69, 9.17) is 14.7 Å². The zero-order chi connectivity index (χ0) is 20.2. The van der Waals surface area contributed by atoms with Gasteiger partial charge in [-0.1, -0.05) is 12.1 Å². The summed E-state index contributed by atoms with van der Waals surface area (Å²) >= 11 is 0. The van der Waals surface area contributed by atoms with E-state index in [9.17, 15) is 0 Å². The van der Waals surface area contributed by atoms with Gasteiger partial charge >= 0.3 is 0 Å². The van der Waals surface area contributed by atoms with Crippen molar-refractivity contribution in [3.63, 3.8) is 0 Å². The van der Waals surface area contributed by atoms with Gasteiger partial charge in [0.05, 0.1) is 23.7 Å². The quantitative estimate of drug-likeness (QED) is 0.567. The molecule has 1 fully saturated rings. The molecular weight excluding hydrogens is 366 g/mol. The lowest BCUT2D eigenvalue weighted by atomic mass is 10.3. The van der Waals surface area contributed by atoms with Gasteiger partial charge in [-0.05, 0) is 39.4 Å². The molecule has 0 spiro atoms. The molecule has 1 unspecified atom stereocenters. The van der Waals surface area contributed by atoms with Crippen LogP contribution in [0.4, 0.5) is 11.6 Å². The summed E-state index contributed by atoms with van der Waals surface area (Å²) in [7, 11) is 2.01. The first kappa shape index (κ1) is 19.6. The fourth-order valence-electron chi connectivity index (χ4n) is 3.58. The molecule has 1 atom stereocenters. The Morgan fingerprint density at radius 1 is 1.24 bits per heavy atom. The predicted octanol–water partition coefficient (Wildman–Crippen LogP) is 2.45. The molecule has 3 aromatic rings. The average Bonchev–Trinajstić information content (AvgIpc) is 3.38. The van der Waals surface area contributed by atoms with Gasteiger partial charge in [0, 0.05) is 31.7 Å². The van der Waals surface area contributed by atoms with Gasteiger partial charge in [0.1, 0.15) is 18.0 Å². The maximum atomic E-state index is 5.64. The largest absolute Gasteiger partial charge is 0.377 e. The molecule has 0 bridgehead atoms. The Morgan fingerprint density at radius 2 is 2.10 bits per heavy atom. The average molecular weight is 396 g/mol. The minimum Gasteiger partial charge on any atom is -0.377 e. The summed E-state index contributed by atoms with van der Waals surface area (Å²) < 4.78 is 7.59. The van der Waals surface area contributed by atoms with E-state index in [1.54, 1.807) is 6.33 Å². The van der Waals surface area contributed by atoms with Crippen LogP contribution in [0.2, 0.25) is 0 Å². The Kier molecular flexibility index (Phi) is 5.92. The molecule has 154 valence electrons. The first-order valence-electron chi connectivity index (χ1n) is 10.2. The summed E-state index contributed by atoms with van der Waals surface area (Å²) in [5.74, 6) is 2.34. The predicted molar refractivity (Wildman–Crippen MR) is 116 cm³/mol. The number of imidazole rings is 1. The number of aromatic nitrogens is 4. The number of benzene rings is 1. The van der Waals surface area contributed by atoms with Crippen LogP contribution >= 0.6 is 0 Å². The van der Waals surface area contributed by atoms with Crippen LogP contribution in [-0.2, 0) is 4.74 Å². The van der Waals surface area contributed by atoms with Crippen LogP contribution in [0.1, 0.15) is 20.3 Å². The second-order valence-electron chi connectivity index (χ2n) is 7.58. The molecule has 4 rings (SSSR count). The molecule has 1 saturated heterocycles. The van der Waals surface area contributed by atoms with E-state index >= 15 is 0 Å². The number of ether oxygens (including phenoxy) is 1. The minimum atomic E-state index is 0.216. The lowest BCUT2D eigenvalue weighted by molar-refractivity contribution is 0.0870. The Hall–Kier alpha value is -2.71. The molecule has 3 heterocycles. The number of hydrogen-bond donors (Lipinski definition) is 2. The smallest absolute Gasteiger partial charge is 0.239 e. The second kappa shape index (κ2) is 8.75. The number of para-hydroxylation sites is 2. The summed E-state index contributed by atoms with van der Waals surface area (Å²) in [6, 6.07) is 10.5. The van der Waals surface area contributed by atoms with Crippen molar-refractivity contribution >= 4 is 22.7 Å². The van der Waals surface area contributed by atoms with Gasteiger partial charge in [-0.3, -0.25) is 4.57 Å². The Morgan fingerprint density at radius 3 is 2.90 bits per heavy atom. The van der Waals surface area contributed by atoms with E-state index < -0.39 is 0 Å². The molecular formula is C21H29N7O. The van der Waals surface area contributed by atoms with Crippen LogP contribution in [0.25, 0.3) is 17.0 Å². The van der Waals surface area contributed by atoms with Crippen molar-refractivity contribution in [2.45, 2.75) is 32.4 Å². The molecule has 2 N–H and O–H groups in total. The van der Waals surface area contributed by atoms with E-state index in [1.807, 2.05) is 55.8 Å². The Bertz CT molecular complexity index is 955. The number of anilines is 2. The second-order valence-corrected chi connectivity index (χ2v) is 7.58. The zero-order valence-electron chi connectivity index (χ0n) is 17.3. The third-order valence-corrected chi connectivity index (χ3v) is 5.15. The molecule has 0 saturated carbocycles. The Labute approximate surface area is 171 Å². The van der Waals surface area contributed by atoms with E-state index in [0.717, 1.165) is 42.2 Å². The molecule has 1 aromatic carbocycles. The van der Waals surface area contributed by atoms with Gasteiger partial charge in [0.2, 0.25) is 5.95 Å². The van der Waals surface area contributed by atoms with E-state index in [1.165, 1.54) is 0 Å². The van der Waals surface area contributed by atoms with Crippen LogP contribution in [0.5, 0.6) is 0 Å². The fraction of sp³-hybridized carbons (Fsp3) is 0.476. The van der Waals surface area contributed by atoms with Gasteiger partial charge in [-0.2, -0.15) is 9.97 Å². The van der Waals surface area contributed by atoms with Crippen molar-refractivity contribution in [3.05, 3.63) is 36.7 Å². The molecule has 0 radical (unpaired) electrons. The maximum Gasteiger partial charge on any atom is 0.239 e. The lowest BCUT2D eigenvalue weighted by Gasteiger charge is -2.19. The normalized spacial score (nSPS) is 16.8. The molecule has 2 aromatic heterocycles. The van der Waals surface area contributed by atoms with Crippen LogP contribution in [0.3, 0.4) is 0 Å². The number of nitrogens with zero attached hydrogens (tertiary/aromatic N) is 5. The molecule has 8 nitrogen and oxygen atoms in total. The van der Waals surface area contributed by atoms with Gasteiger partial charge in [0.25, 0.3) is 0 Å². The minimum absolute atomic E-state index is 0.216. The van der Waals surface area contributed by atoms with Crippen LogP contribution in [0, 0.1) is 0 Å². The van der Waals surface area contributed by atoms with E-state index in [0.29, 0.717) is 25.1 Å². The number of fused-ring (bicyclic) bond motifs is 1. The highest BCUT2D eigenvalue weighted by molar-refractivity contribution is 5.76. The van der Waals surface area contributed by atoms with E-state index in [2.05, 4.69) is 20.5 Å². The molecule has 1 aliphatic rings. The third-order valence-electron chi connectivity index (χ3n) is 5.15. The summed E-state index contributed by atoms with van der Waals surface area (Å²) in [6.07, 6.45) is 3.11. The van der Waals surface area contributed by atoms with E-state index in [-0.39, 0.29) is 6.10 Å². The maximum absolute atomic E-state index is 5.64. The molecule has 29 heavy (non-hydrogen) atoms. The molecule has 1 aliphatic heterocycles. The summed E-state index contributed by atoms with van der Waals surface area (Å²) in [6.45, 7) is 7.31. The van der Waals surface area contributed by atoms with Crippen LogP contribution in [-0.4, -0.2) is 65.0 Å². The van der Waals surface area contributed by atoms with Crippen molar-refractivity contribution in [3.8, 4) is 5.95 Å². The van der Waals surface area contributed by atoms with Crippen molar-refractivity contribution in [1.29, 1.82) is 0 Å². The number of rotatable bonds is 8. The number of hydrogen-bond acceptors (Lipinski definition) is 7. The topological polar surface area (TPSA) is 80.1 Å². The monoisotopic (exact) mass is 395 g/mol. The van der Waals surface area contributed by atoms with Crippen molar-refractivity contribution in [2.75, 3.05) is 43.5 Å². The number of likely N-dealkylation sites (N-methyl/N-ethyl adjacent to an activating group) is 1. The van der Waals surface area contributed by atoms with Crippen molar-refractivity contribution in [2.24, 2.45) is 0 Å². The molecule has 8 heteroatoms. The first-order chi connectivity index (χ1) is 14.1. The van der Waals surface area contributed by atoms with Gasteiger partial charge in [-0.25, -0.2) is 4.98 Å². The van der Waals surface area contributed by atoms with Crippen molar-refractivity contribution < 1.29 is 4.74 Å². The highest BCUT2D eigenvalue weighted by Crippen LogP contribution is 2.24. The van der Waals surface area contributed by atoms with Gasteiger partial charge in [0.15, 0.2) is 0 Å². The van der Waals surface area contributed by atoms with Crippen LogP contribution in [0.15, 0.2) is 36.7 Å². The summed E-state index contributed by atoms with van der Waals surface area (Å²) in [5.41, 5.74) is 1.92. The number of nitrogens with one attached hydrogen (secondary N) is 2. The standard InChI is InChI=1S/C21H29N7O/c1-15(2)29-11-9-23-19-12-20(27-10-8-16(13-27)22-3)26-21(25-19)28-14-24-17-6-4-5-7-18(17)28/h4-7,12,14-16,22H,8-11,13H2,1-3H3,(H,23,25,26). The molecule has 0 amide bonds. The zero-order valence-corrected chi connectivity index (χ0v) is 17.3. The SMILES string of the molecule is CNC1CCN(c2cc(NCCOC(C)C)nc(-n3cnc4ccccc43)n2)C1. The van der Waals surface area contributed by atoms with Crippen LogP contribution < -0.4 is 15.5 Å². The first-order valence-corrected chi connectivity index (χ1v) is 10.2. The fourth-order valence-corrected chi connectivity index (χ4v) is 3.58. The third kappa shape index (κ3) is 4.49. The molecule has 0 aliphatic carbocycles. The lowest BCUT2D eigenvalue weighted by Crippen LogP contribution is -2.30. The van der Waals surface area contributed by atoms with Gasteiger partial charge in [-0.15, -0.1) is 0 Å². The van der Waals surface area contributed by atoms with Gasteiger partial charge < -0.3 is 20.3 Å². The highest BCUT2D eigenvalue weighted by Gasteiger charge is 2.23. The summed E-state index contributed by atoms with van der Waals surface area (Å²) in [4.78, 5) is 16.4. The Balaban J connectivity index is 1.64. The summed E-state index contributed by atoms with van der Waals surface area (Å²) in [5, 5.41) is 6.75. The van der Waals surface area contributed by atoms with Crippen molar-refractivity contribution in [1.82, 2.24) is 24.8 Å². The highest BCUT2D eigenvalue weighted by atomic mass is 16.5.